The third kappa shape index (κ3) is 2.62. The summed E-state index contributed by atoms with van der Waals surface area (Å²) in [5, 5.41) is 8.57. The van der Waals surface area contributed by atoms with Crippen LogP contribution < -0.4 is 5.73 Å². The second kappa shape index (κ2) is 4.64. The predicted molar refractivity (Wildman–Crippen MR) is 49.7 cm³/mol. The lowest BCUT2D eigenvalue weighted by atomic mass is 10.1. The van der Waals surface area contributed by atoms with Crippen LogP contribution in [0.5, 0.6) is 0 Å². The molecule has 0 fully saturated rings. The molecule has 0 saturated heterocycles. The van der Waals surface area contributed by atoms with E-state index in [1.54, 1.807) is 0 Å². The average molecular weight is 234 g/mol. The Bertz CT molecular complexity index is 237. The summed E-state index contributed by atoms with van der Waals surface area (Å²) in [6.45, 7) is 0.176. The topological polar surface area (TPSA) is 59.4 Å². The van der Waals surface area contributed by atoms with Crippen LogP contribution in [0.3, 0.4) is 0 Å². The van der Waals surface area contributed by atoms with Crippen LogP contribution in [-0.4, -0.2) is 11.7 Å². The molecular weight excluding hydrogens is 222 g/mol. The summed E-state index contributed by atoms with van der Waals surface area (Å²) in [6.07, 6.45) is 1.45. The van der Waals surface area contributed by atoms with Crippen LogP contribution >= 0.6 is 15.9 Å². The highest BCUT2D eigenvalue weighted by atomic mass is 79.9. The van der Waals surface area contributed by atoms with Gasteiger partial charge in [-0.1, -0.05) is 0 Å². The van der Waals surface area contributed by atoms with Gasteiger partial charge < -0.3 is 15.3 Å². The number of rotatable bonds is 4. The number of aliphatic hydroxyl groups is 1. The number of hydrogen-bond acceptors (Lipinski definition) is 3. The van der Waals surface area contributed by atoms with Crippen LogP contribution in [0.4, 0.5) is 0 Å². The van der Waals surface area contributed by atoms with Crippen LogP contribution in [0.25, 0.3) is 0 Å². The fraction of sp³-hybridized carbons (Fsp3) is 0.500. The molecule has 0 aliphatic heterocycles. The lowest BCUT2D eigenvalue weighted by Crippen LogP contribution is -2.09. The van der Waals surface area contributed by atoms with Gasteiger partial charge in [-0.15, -0.1) is 0 Å². The highest BCUT2D eigenvalue weighted by molar-refractivity contribution is 9.10. The Morgan fingerprint density at radius 1 is 1.58 bits per heavy atom. The molecule has 1 aromatic heterocycles. The molecule has 0 unspecified atom stereocenters. The Hall–Kier alpha value is -0.320. The molecule has 1 atom stereocenters. The molecule has 1 heterocycles. The summed E-state index contributed by atoms with van der Waals surface area (Å²) in [4.78, 5) is 0. The largest absolute Gasteiger partial charge is 0.453 e. The van der Waals surface area contributed by atoms with Gasteiger partial charge in [-0.25, -0.2) is 0 Å². The molecular formula is C8H12BrNO2. The summed E-state index contributed by atoms with van der Waals surface area (Å²) in [5.74, 6) is 0.760. The molecule has 4 heteroatoms. The molecule has 3 N–H and O–H groups in total. The van der Waals surface area contributed by atoms with Crippen molar-refractivity contribution in [2.45, 2.75) is 18.9 Å². The maximum atomic E-state index is 8.57. The Kier molecular flexibility index (Phi) is 3.78. The first-order valence-electron chi connectivity index (χ1n) is 3.85. The van der Waals surface area contributed by atoms with Crippen molar-refractivity contribution in [2.75, 3.05) is 6.61 Å². The fourth-order valence-electron chi connectivity index (χ4n) is 0.981. The van der Waals surface area contributed by atoms with Gasteiger partial charge in [0, 0.05) is 6.61 Å². The smallest absolute Gasteiger partial charge is 0.169 e. The zero-order chi connectivity index (χ0) is 8.97. The van der Waals surface area contributed by atoms with Crippen molar-refractivity contribution < 1.29 is 9.52 Å². The summed E-state index contributed by atoms with van der Waals surface area (Å²) in [7, 11) is 0. The van der Waals surface area contributed by atoms with E-state index < -0.39 is 0 Å². The molecule has 3 nitrogen and oxygen atoms in total. The molecule has 1 aromatic rings. The van der Waals surface area contributed by atoms with E-state index in [2.05, 4.69) is 15.9 Å². The van der Waals surface area contributed by atoms with Gasteiger partial charge in [-0.05, 0) is 40.9 Å². The van der Waals surface area contributed by atoms with Crippen molar-refractivity contribution >= 4 is 15.9 Å². The zero-order valence-electron chi connectivity index (χ0n) is 6.66. The second-order valence-electron chi connectivity index (χ2n) is 2.61. The second-order valence-corrected chi connectivity index (χ2v) is 3.40. The Morgan fingerprint density at radius 2 is 2.33 bits per heavy atom. The van der Waals surface area contributed by atoms with E-state index >= 15 is 0 Å². The minimum absolute atomic E-state index is 0.108. The third-order valence-corrected chi connectivity index (χ3v) is 2.06. The van der Waals surface area contributed by atoms with Crippen LogP contribution in [0.15, 0.2) is 21.2 Å². The number of nitrogens with two attached hydrogens (primary N) is 1. The van der Waals surface area contributed by atoms with Gasteiger partial charge in [0.05, 0.1) is 6.04 Å². The molecule has 1 rings (SSSR count). The van der Waals surface area contributed by atoms with E-state index in [-0.39, 0.29) is 12.6 Å². The molecule has 0 aromatic carbocycles. The predicted octanol–water partition coefficient (Wildman–Crippen LogP) is 1.81. The standard InChI is InChI=1S/C8H12BrNO2/c9-8-4-3-7(12-8)6(10)2-1-5-11/h3-4,6,11H,1-2,5,10H2/t6-/m0/s1. The molecule has 0 amide bonds. The van der Waals surface area contributed by atoms with Crippen LogP contribution in [0.1, 0.15) is 24.6 Å². The van der Waals surface area contributed by atoms with Crippen LogP contribution in [0.2, 0.25) is 0 Å². The van der Waals surface area contributed by atoms with Crippen molar-refractivity contribution in [2.24, 2.45) is 5.73 Å². The monoisotopic (exact) mass is 233 g/mol. The Balaban J connectivity index is 2.47. The molecule has 0 bridgehead atoms. The van der Waals surface area contributed by atoms with Gasteiger partial charge in [0.1, 0.15) is 5.76 Å². The van der Waals surface area contributed by atoms with Gasteiger partial charge >= 0.3 is 0 Å². The minimum atomic E-state index is -0.108. The summed E-state index contributed by atoms with van der Waals surface area (Å²) >= 11 is 3.20. The van der Waals surface area contributed by atoms with Gasteiger partial charge in [0.2, 0.25) is 0 Å². The first-order valence-corrected chi connectivity index (χ1v) is 4.65. The lowest BCUT2D eigenvalue weighted by molar-refractivity contribution is 0.276. The van der Waals surface area contributed by atoms with Gasteiger partial charge in [0.25, 0.3) is 0 Å². The SMILES string of the molecule is N[C@@H](CCCO)c1ccc(Br)o1. The Morgan fingerprint density at radius 3 is 2.83 bits per heavy atom. The molecule has 12 heavy (non-hydrogen) atoms. The number of aliphatic hydroxyl groups excluding tert-OH is 1. The van der Waals surface area contributed by atoms with E-state index in [0.29, 0.717) is 11.1 Å². The van der Waals surface area contributed by atoms with E-state index in [4.69, 9.17) is 15.3 Å². The summed E-state index contributed by atoms with van der Waals surface area (Å²) in [5.41, 5.74) is 5.77. The maximum Gasteiger partial charge on any atom is 0.169 e. The maximum absolute atomic E-state index is 8.57. The number of halogens is 1. The molecule has 68 valence electrons. The number of hydrogen-bond donors (Lipinski definition) is 2. The third-order valence-electron chi connectivity index (χ3n) is 1.63. The van der Waals surface area contributed by atoms with E-state index in [1.165, 1.54) is 0 Å². The molecule has 0 spiro atoms. The average Bonchev–Trinajstić information content (AvgIpc) is 2.47. The van der Waals surface area contributed by atoms with Crippen molar-refractivity contribution in [3.63, 3.8) is 0 Å². The lowest BCUT2D eigenvalue weighted by Gasteiger charge is -2.06. The van der Waals surface area contributed by atoms with Crippen LogP contribution in [0, 0.1) is 0 Å². The normalized spacial score (nSPS) is 13.2. The Labute approximate surface area is 79.7 Å². The number of furan rings is 1. The van der Waals surface area contributed by atoms with Crippen molar-refractivity contribution in [1.82, 2.24) is 0 Å². The first kappa shape index (κ1) is 9.77. The van der Waals surface area contributed by atoms with E-state index in [9.17, 15) is 0 Å². The quantitative estimate of drug-likeness (QED) is 0.835. The molecule has 0 aliphatic carbocycles. The summed E-state index contributed by atoms with van der Waals surface area (Å²) < 4.78 is 5.94. The zero-order valence-corrected chi connectivity index (χ0v) is 8.25. The highest BCUT2D eigenvalue weighted by Crippen LogP contribution is 2.21. The molecule has 0 radical (unpaired) electrons. The minimum Gasteiger partial charge on any atom is -0.453 e. The van der Waals surface area contributed by atoms with Gasteiger partial charge in [-0.3, -0.25) is 0 Å². The van der Waals surface area contributed by atoms with E-state index in [1.807, 2.05) is 12.1 Å². The molecule has 0 saturated carbocycles. The van der Waals surface area contributed by atoms with E-state index in [0.717, 1.165) is 12.2 Å². The van der Waals surface area contributed by atoms with Gasteiger partial charge in [-0.2, -0.15) is 0 Å². The fourth-order valence-corrected chi connectivity index (χ4v) is 1.30. The van der Waals surface area contributed by atoms with Crippen molar-refractivity contribution in [3.05, 3.63) is 22.6 Å². The van der Waals surface area contributed by atoms with Crippen LogP contribution in [-0.2, 0) is 0 Å². The highest BCUT2D eigenvalue weighted by Gasteiger charge is 2.09. The first-order chi connectivity index (χ1) is 5.74. The molecule has 0 aliphatic rings. The van der Waals surface area contributed by atoms with Crippen molar-refractivity contribution in [3.8, 4) is 0 Å². The summed E-state index contributed by atoms with van der Waals surface area (Å²) in [6, 6.07) is 3.55. The van der Waals surface area contributed by atoms with Crippen molar-refractivity contribution in [1.29, 1.82) is 0 Å². The van der Waals surface area contributed by atoms with Gasteiger partial charge in [0.15, 0.2) is 4.67 Å².